The number of H-pyrrole nitrogens is 1. The molecular formula is C22H31Cl2N7O5. The highest BCUT2D eigenvalue weighted by Gasteiger charge is 2.20. The Morgan fingerprint density at radius 1 is 1.19 bits per heavy atom. The summed E-state index contributed by atoms with van der Waals surface area (Å²) in [6, 6.07) is 6.76. The van der Waals surface area contributed by atoms with E-state index in [0.29, 0.717) is 31.5 Å². The number of methoxy groups -OCH3 is 1. The minimum Gasteiger partial charge on any atom is -0.467 e. The van der Waals surface area contributed by atoms with Gasteiger partial charge in [0.25, 0.3) is 5.91 Å². The number of primary amides is 1. The van der Waals surface area contributed by atoms with Gasteiger partial charge in [0.15, 0.2) is 11.9 Å². The van der Waals surface area contributed by atoms with Gasteiger partial charge in [-0.25, -0.2) is 15.2 Å². The predicted octanol–water partition coefficient (Wildman–Crippen LogP) is 2.93. The minimum absolute atomic E-state index is 0.0533. The van der Waals surface area contributed by atoms with E-state index in [9.17, 15) is 14.4 Å². The van der Waals surface area contributed by atoms with E-state index in [-0.39, 0.29) is 23.9 Å². The van der Waals surface area contributed by atoms with Crippen molar-refractivity contribution in [1.29, 1.82) is 0 Å². The Morgan fingerprint density at radius 3 is 2.31 bits per heavy atom. The second-order valence-corrected chi connectivity index (χ2v) is 7.77. The molecule has 198 valence electrons. The zero-order valence-electron chi connectivity index (χ0n) is 20.4. The van der Waals surface area contributed by atoms with E-state index in [0.717, 1.165) is 11.3 Å². The SMILES string of the molecule is CCOC(C)=O.COC(=O)C(Cc1ccc(N(CCCl)CCCl)cc1)N=NNc1nc[nH]c1C(N)=O. The fourth-order valence-corrected chi connectivity index (χ4v) is 3.27. The number of nitrogens with two attached hydrogens (primary N) is 1. The maximum atomic E-state index is 12.1. The Kier molecular flexibility index (Phi) is 14.6. The van der Waals surface area contributed by atoms with E-state index in [1.807, 2.05) is 24.3 Å². The van der Waals surface area contributed by atoms with E-state index in [1.54, 1.807) is 6.92 Å². The second kappa shape index (κ2) is 17.1. The lowest BCUT2D eigenvalue weighted by molar-refractivity contribution is -0.142. The van der Waals surface area contributed by atoms with Crippen LogP contribution >= 0.6 is 23.2 Å². The minimum atomic E-state index is -0.883. The first kappa shape index (κ1) is 30.7. The van der Waals surface area contributed by atoms with Crippen molar-refractivity contribution in [2.75, 3.05) is 48.9 Å². The highest BCUT2D eigenvalue weighted by Crippen LogP contribution is 2.18. The van der Waals surface area contributed by atoms with E-state index >= 15 is 0 Å². The Bertz CT molecular complexity index is 979. The first-order valence-corrected chi connectivity index (χ1v) is 12.0. The number of aromatic nitrogens is 2. The summed E-state index contributed by atoms with van der Waals surface area (Å²) in [6.07, 6.45) is 1.56. The number of hydrogen-bond donors (Lipinski definition) is 3. The van der Waals surface area contributed by atoms with Crippen molar-refractivity contribution >= 4 is 52.6 Å². The predicted molar refractivity (Wildman–Crippen MR) is 137 cm³/mol. The Hall–Kier alpha value is -3.38. The smallest absolute Gasteiger partial charge is 0.332 e. The number of carbonyl (C=O) groups excluding carboxylic acids is 3. The molecule has 1 aromatic carbocycles. The molecule has 1 aromatic heterocycles. The molecule has 36 heavy (non-hydrogen) atoms. The van der Waals surface area contributed by atoms with Crippen LogP contribution in [-0.4, -0.2) is 72.4 Å². The van der Waals surface area contributed by atoms with E-state index in [1.165, 1.54) is 20.4 Å². The van der Waals surface area contributed by atoms with Gasteiger partial charge in [-0.15, -0.1) is 23.2 Å². The van der Waals surface area contributed by atoms with Gasteiger partial charge in [-0.1, -0.05) is 17.4 Å². The molecule has 4 N–H and O–H groups in total. The van der Waals surface area contributed by atoms with Crippen molar-refractivity contribution in [3.63, 3.8) is 0 Å². The zero-order chi connectivity index (χ0) is 26.9. The Balaban J connectivity index is 0.000000960. The largest absolute Gasteiger partial charge is 0.467 e. The van der Waals surface area contributed by atoms with Gasteiger partial charge in [-0.2, -0.15) is 5.11 Å². The second-order valence-electron chi connectivity index (χ2n) is 7.02. The first-order valence-electron chi connectivity index (χ1n) is 10.9. The molecule has 2 rings (SSSR count). The topological polar surface area (TPSA) is 164 Å². The van der Waals surface area contributed by atoms with Gasteiger partial charge in [0.05, 0.1) is 20.0 Å². The van der Waals surface area contributed by atoms with Crippen molar-refractivity contribution in [1.82, 2.24) is 9.97 Å². The number of imidazole rings is 1. The van der Waals surface area contributed by atoms with Gasteiger partial charge in [-0.05, 0) is 24.6 Å². The van der Waals surface area contributed by atoms with Crippen molar-refractivity contribution < 1.29 is 23.9 Å². The number of benzene rings is 1. The van der Waals surface area contributed by atoms with Gasteiger partial charge >= 0.3 is 11.9 Å². The monoisotopic (exact) mass is 543 g/mol. The van der Waals surface area contributed by atoms with Crippen LogP contribution in [0.1, 0.15) is 29.9 Å². The number of carbonyl (C=O) groups is 3. The van der Waals surface area contributed by atoms with Crippen LogP contribution in [0.2, 0.25) is 0 Å². The van der Waals surface area contributed by atoms with Crippen molar-refractivity contribution in [3.05, 3.63) is 41.9 Å². The molecule has 0 radical (unpaired) electrons. The molecule has 0 saturated heterocycles. The van der Waals surface area contributed by atoms with E-state index in [4.69, 9.17) is 33.7 Å². The maximum absolute atomic E-state index is 12.1. The molecule has 1 atom stereocenters. The van der Waals surface area contributed by atoms with Gasteiger partial charge in [-0.3, -0.25) is 9.59 Å². The third-order valence-electron chi connectivity index (χ3n) is 4.50. The average Bonchev–Trinajstić information content (AvgIpc) is 3.32. The quantitative estimate of drug-likeness (QED) is 0.150. The van der Waals surface area contributed by atoms with Gasteiger partial charge in [0, 0.05) is 43.9 Å². The highest BCUT2D eigenvalue weighted by atomic mass is 35.5. The molecule has 0 aliphatic carbocycles. The number of alkyl halides is 2. The molecular weight excluding hydrogens is 513 g/mol. The van der Waals surface area contributed by atoms with Crippen LogP contribution in [0.4, 0.5) is 11.5 Å². The third kappa shape index (κ3) is 10.9. The number of nitrogens with one attached hydrogen (secondary N) is 2. The van der Waals surface area contributed by atoms with Crippen LogP contribution < -0.4 is 16.1 Å². The molecule has 0 saturated carbocycles. The molecule has 2 aromatic rings. The molecule has 0 aliphatic heterocycles. The number of hydrogen-bond acceptors (Lipinski definition) is 9. The molecule has 14 heteroatoms. The molecule has 0 bridgehead atoms. The molecule has 0 spiro atoms. The number of nitrogens with zero attached hydrogens (tertiary/aromatic N) is 4. The van der Waals surface area contributed by atoms with Gasteiger partial charge in [0.1, 0.15) is 5.69 Å². The van der Waals surface area contributed by atoms with Crippen molar-refractivity contribution in [3.8, 4) is 0 Å². The standard InChI is InChI=1S/C18H23Cl2N7O3.C4H8O2/c1-30-18(29)14(24-26-25-17-15(16(21)28)22-11-23-17)10-12-2-4-13(5-3-12)27(8-6-19)9-7-20;1-3-6-4(2)5/h2-5,11,14H,6-10H2,1H3,(H2,21,28)(H,22,23)(H,24,25);3H2,1-2H3. The number of amides is 1. The number of esters is 2. The molecule has 12 nitrogen and oxygen atoms in total. The maximum Gasteiger partial charge on any atom is 0.332 e. The summed E-state index contributed by atoms with van der Waals surface area (Å²) in [4.78, 5) is 41.7. The van der Waals surface area contributed by atoms with Crippen LogP contribution in [0.3, 0.4) is 0 Å². The summed E-state index contributed by atoms with van der Waals surface area (Å²) < 4.78 is 9.21. The number of ether oxygens (including phenoxy) is 2. The van der Waals surface area contributed by atoms with Crippen molar-refractivity contribution in [2.24, 2.45) is 16.1 Å². The van der Waals surface area contributed by atoms with Crippen LogP contribution in [0, 0.1) is 0 Å². The Morgan fingerprint density at radius 2 is 1.83 bits per heavy atom. The number of aromatic amines is 1. The zero-order valence-corrected chi connectivity index (χ0v) is 21.9. The lowest BCUT2D eigenvalue weighted by Crippen LogP contribution is -2.27. The van der Waals surface area contributed by atoms with Crippen LogP contribution in [0.25, 0.3) is 0 Å². The number of rotatable bonds is 13. The van der Waals surface area contributed by atoms with Crippen LogP contribution in [0.5, 0.6) is 0 Å². The Labute approximate surface area is 219 Å². The molecule has 1 heterocycles. The fourth-order valence-electron chi connectivity index (χ4n) is 2.86. The first-order chi connectivity index (χ1) is 17.3. The molecule has 1 unspecified atom stereocenters. The third-order valence-corrected chi connectivity index (χ3v) is 4.84. The number of anilines is 2. The normalized spacial score (nSPS) is 11.2. The van der Waals surface area contributed by atoms with Gasteiger partial charge < -0.3 is 25.1 Å². The number of halogens is 2. The van der Waals surface area contributed by atoms with Crippen molar-refractivity contribution in [2.45, 2.75) is 26.3 Å². The van der Waals surface area contributed by atoms with E-state index < -0.39 is 17.9 Å². The van der Waals surface area contributed by atoms with Gasteiger partial charge in [0.2, 0.25) is 0 Å². The summed E-state index contributed by atoms with van der Waals surface area (Å²) in [5.41, 5.74) is 9.62. The summed E-state index contributed by atoms with van der Waals surface area (Å²) in [6.45, 7) is 5.01. The fraction of sp³-hybridized carbons (Fsp3) is 0.455. The highest BCUT2D eigenvalue weighted by molar-refractivity contribution is 6.18. The summed E-state index contributed by atoms with van der Waals surface area (Å²) in [5.74, 6) is -0.372. The summed E-state index contributed by atoms with van der Waals surface area (Å²) >= 11 is 11.7. The molecule has 0 aliphatic rings. The molecule has 0 fully saturated rings. The van der Waals surface area contributed by atoms with E-state index in [2.05, 4.69) is 35.4 Å². The van der Waals surface area contributed by atoms with Crippen LogP contribution in [-0.2, 0) is 25.5 Å². The summed E-state index contributed by atoms with van der Waals surface area (Å²) in [5, 5.41) is 7.73. The summed E-state index contributed by atoms with van der Waals surface area (Å²) in [7, 11) is 1.27. The average molecular weight is 544 g/mol. The molecule has 1 amide bonds. The van der Waals surface area contributed by atoms with Crippen LogP contribution in [0.15, 0.2) is 40.9 Å². The lowest BCUT2D eigenvalue weighted by atomic mass is 10.1. The lowest BCUT2D eigenvalue weighted by Gasteiger charge is -2.23.